The molecule has 1 saturated heterocycles. The monoisotopic (exact) mass is 551 g/mol. The molecule has 0 bridgehead atoms. The van der Waals surface area contributed by atoms with Crippen molar-refractivity contribution in [3.05, 3.63) is 56.1 Å². The number of aromatic nitrogens is 4. The van der Waals surface area contributed by atoms with E-state index in [1.54, 1.807) is 5.32 Å². The zero-order valence-corrected chi connectivity index (χ0v) is 19.8. The summed E-state index contributed by atoms with van der Waals surface area (Å²) in [6.45, 7) is -1.41. The molecular formula is C22H20F3N7O7. The van der Waals surface area contributed by atoms with Gasteiger partial charge in [-0.3, -0.25) is 28.8 Å². The van der Waals surface area contributed by atoms with Gasteiger partial charge in [-0.15, -0.1) is 0 Å². The number of nitrogens with two attached hydrogens (primary N) is 1. The van der Waals surface area contributed by atoms with Gasteiger partial charge in [0.05, 0.1) is 37.1 Å². The molecule has 0 saturated carbocycles. The van der Waals surface area contributed by atoms with Crippen LogP contribution in [0.25, 0.3) is 11.2 Å². The van der Waals surface area contributed by atoms with Gasteiger partial charge in [0.1, 0.15) is 12.3 Å². The Bertz CT molecular complexity index is 1560. The predicted molar refractivity (Wildman–Crippen MR) is 126 cm³/mol. The molecule has 0 unspecified atom stereocenters. The van der Waals surface area contributed by atoms with Gasteiger partial charge in [0, 0.05) is 23.6 Å². The second-order valence-electron chi connectivity index (χ2n) is 8.38. The standard InChI is InChI=1S/C22H20F3N7O7/c23-22(24,25)20(36)27-5-1-2-11-3-4-12(13(6-11)32(37)38)8-30-19(35)17-18(29-21(30)26)31(10-28-17)16-7-14(34)15(9-33)39-16/h3-4,6,10,14-16,33-34H,5,7-9H2,(H2,26,29)(H,27,36)/t14-,15+,16+/m0/s1. The second kappa shape index (κ2) is 10.7. The zero-order chi connectivity index (χ0) is 28.5. The first-order valence-electron chi connectivity index (χ1n) is 11.2. The average molecular weight is 551 g/mol. The highest BCUT2D eigenvalue weighted by molar-refractivity contribution is 5.81. The number of nitrogens with zero attached hydrogens (tertiary/aromatic N) is 5. The van der Waals surface area contributed by atoms with Gasteiger partial charge < -0.3 is 26.0 Å². The van der Waals surface area contributed by atoms with E-state index in [2.05, 4.69) is 21.8 Å². The number of nitrogens with one attached hydrogen (secondary N) is 1. The third-order valence-electron chi connectivity index (χ3n) is 5.84. The van der Waals surface area contributed by atoms with E-state index in [9.17, 15) is 43.1 Å². The van der Waals surface area contributed by atoms with E-state index < -0.39 is 59.8 Å². The molecule has 3 atom stereocenters. The second-order valence-corrected chi connectivity index (χ2v) is 8.38. The highest BCUT2D eigenvalue weighted by Crippen LogP contribution is 2.30. The number of imidazole rings is 1. The number of benzene rings is 1. The summed E-state index contributed by atoms with van der Waals surface area (Å²) in [6, 6.07) is 3.72. The Morgan fingerprint density at radius 2 is 2.13 bits per heavy atom. The average Bonchev–Trinajstić information content (AvgIpc) is 3.46. The molecule has 1 aliphatic rings. The van der Waals surface area contributed by atoms with E-state index in [0.717, 1.165) is 10.6 Å². The normalized spacial score (nSPS) is 19.1. The number of carbonyl (C=O) groups excluding carboxylic acids is 1. The lowest BCUT2D eigenvalue weighted by atomic mass is 10.1. The molecule has 39 heavy (non-hydrogen) atoms. The minimum Gasteiger partial charge on any atom is -0.394 e. The lowest BCUT2D eigenvalue weighted by molar-refractivity contribution is -0.385. The van der Waals surface area contributed by atoms with Gasteiger partial charge in [-0.05, 0) is 12.1 Å². The van der Waals surface area contributed by atoms with E-state index >= 15 is 0 Å². The number of hydrogen-bond acceptors (Lipinski definition) is 10. The fourth-order valence-electron chi connectivity index (χ4n) is 3.92. The van der Waals surface area contributed by atoms with Crippen molar-refractivity contribution in [2.24, 2.45) is 0 Å². The quantitative estimate of drug-likeness (QED) is 0.181. The Hall–Kier alpha value is -4.53. The first-order valence-corrected chi connectivity index (χ1v) is 11.2. The Morgan fingerprint density at radius 3 is 2.77 bits per heavy atom. The first kappa shape index (κ1) is 27.5. The van der Waals surface area contributed by atoms with E-state index in [4.69, 9.17) is 10.5 Å². The van der Waals surface area contributed by atoms with Crippen molar-refractivity contribution in [1.29, 1.82) is 0 Å². The van der Waals surface area contributed by atoms with Crippen molar-refractivity contribution < 1.29 is 37.8 Å². The van der Waals surface area contributed by atoms with Crippen LogP contribution in [0.15, 0.2) is 29.3 Å². The van der Waals surface area contributed by atoms with Crippen LogP contribution < -0.4 is 16.6 Å². The van der Waals surface area contributed by atoms with Gasteiger partial charge in [0.15, 0.2) is 11.2 Å². The van der Waals surface area contributed by atoms with Crippen LogP contribution in [0.4, 0.5) is 24.8 Å². The lowest BCUT2D eigenvalue weighted by Crippen LogP contribution is -2.36. The van der Waals surface area contributed by atoms with Crippen LogP contribution in [0.3, 0.4) is 0 Å². The summed E-state index contributed by atoms with van der Waals surface area (Å²) in [5, 5.41) is 32.5. The minimum absolute atomic E-state index is 0.0540. The number of aliphatic hydroxyl groups excluding tert-OH is 2. The number of nitro groups is 1. The van der Waals surface area contributed by atoms with Crippen LogP contribution in [0, 0.1) is 22.0 Å². The van der Waals surface area contributed by atoms with Crippen LogP contribution >= 0.6 is 0 Å². The topological polar surface area (TPSA) is 201 Å². The van der Waals surface area contributed by atoms with Gasteiger partial charge in [0.2, 0.25) is 5.95 Å². The molecule has 3 heterocycles. The van der Waals surface area contributed by atoms with E-state index in [-0.39, 0.29) is 41.2 Å². The van der Waals surface area contributed by atoms with Crippen LogP contribution in [-0.4, -0.2) is 71.7 Å². The number of amides is 1. The van der Waals surface area contributed by atoms with Gasteiger partial charge >= 0.3 is 12.1 Å². The number of rotatable bonds is 6. The molecule has 4 rings (SSSR count). The summed E-state index contributed by atoms with van der Waals surface area (Å²) < 4.78 is 44.6. The van der Waals surface area contributed by atoms with Crippen molar-refractivity contribution in [3.63, 3.8) is 0 Å². The first-order chi connectivity index (χ1) is 18.4. The van der Waals surface area contributed by atoms with Gasteiger partial charge in [-0.2, -0.15) is 18.2 Å². The summed E-state index contributed by atoms with van der Waals surface area (Å²) in [5.74, 6) is 2.24. The number of hydrogen-bond donors (Lipinski definition) is 4. The van der Waals surface area contributed by atoms with Crippen molar-refractivity contribution in [1.82, 2.24) is 24.4 Å². The number of aliphatic hydroxyl groups is 2. The van der Waals surface area contributed by atoms with E-state index in [1.165, 1.54) is 23.0 Å². The molecule has 1 amide bonds. The zero-order valence-electron chi connectivity index (χ0n) is 19.8. The molecule has 0 radical (unpaired) electrons. The minimum atomic E-state index is -5.06. The SMILES string of the molecule is Nc1nc2c(ncn2[C@H]2C[C@H](O)[C@@H](CO)O2)c(=O)n1Cc1ccc(C#CCNC(=O)C(F)(F)F)cc1[N+](=O)[O-]. The Morgan fingerprint density at radius 1 is 1.38 bits per heavy atom. The van der Waals surface area contributed by atoms with Crippen molar-refractivity contribution >= 4 is 28.7 Å². The van der Waals surface area contributed by atoms with Crippen LogP contribution in [0.2, 0.25) is 0 Å². The smallest absolute Gasteiger partial charge is 0.394 e. The maximum atomic E-state index is 13.1. The fourth-order valence-corrected chi connectivity index (χ4v) is 3.92. The Kier molecular flexibility index (Phi) is 7.53. The number of anilines is 1. The maximum Gasteiger partial charge on any atom is 0.471 e. The molecule has 1 aromatic carbocycles. The molecule has 0 spiro atoms. The number of halogens is 3. The lowest BCUT2D eigenvalue weighted by Gasteiger charge is -2.14. The largest absolute Gasteiger partial charge is 0.471 e. The molecule has 5 N–H and O–H groups in total. The van der Waals surface area contributed by atoms with Crippen LogP contribution in [0.1, 0.15) is 23.8 Å². The summed E-state index contributed by atoms with van der Waals surface area (Å²) >= 11 is 0. The number of nitro benzene ring substituents is 1. The number of ether oxygens (including phenoxy) is 1. The maximum absolute atomic E-state index is 13.1. The van der Waals surface area contributed by atoms with Crippen molar-refractivity contribution in [2.45, 2.75) is 37.6 Å². The van der Waals surface area contributed by atoms with Gasteiger partial charge in [-0.25, -0.2) is 4.98 Å². The molecule has 0 aliphatic carbocycles. The Labute approximate surface area is 216 Å². The van der Waals surface area contributed by atoms with Crippen molar-refractivity contribution in [2.75, 3.05) is 18.9 Å². The predicted octanol–water partition coefficient (Wildman–Crippen LogP) is -0.198. The van der Waals surface area contributed by atoms with Gasteiger partial charge in [-0.1, -0.05) is 11.8 Å². The summed E-state index contributed by atoms with van der Waals surface area (Å²) in [6.07, 6.45) is -6.21. The fraction of sp³-hybridized carbons (Fsp3) is 0.364. The van der Waals surface area contributed by atoms with Gasteiger partial charge in [0.25, 0.3) is 11.2 Å². The Balaban J connectivity index is 1.59. The summed E-state index contributed by atoms with van der Waals surface area (Å²) in [5.41, 5.74) is 4.95. The molecule has 206 valence electrons. The highest BCUT2D eigenvalue weighted by atomic mass is 19.4. The molecular weight excluding hydrogens is 531 g/mol. The number of alkyl halides is 3. The van der Waals surface area contributed by atoms with Crippen LogP contribution in [-0.2, 0) is 16.1 Å². The highest BCUT2D eigenvalue weighted by Gasteiger charge is 2.38. The molecule has 14 nitrogen and oxygen atoms in total. The molecule has 17 heteroatoms. The molecule has 1 fully saturated rings. The van der Waals surface area contributed by atoms with E-state index in [0.29, 0.717) is 0 Å². The summed E-state index contributed by atoms with van der Waals surface area (Å²) in [7, 11) is 0. The van der Waals surface area contributed by atoms with E-state index in [1.807, 2.05) is 0 Å². The summed E-state index contributed by atoms with van der Waals surface area (Å²) in [4.78, 5) is 43.2. The molecule has 1 aliphatic heterocycles. The van der Waals surface area contributed by atoms with Crippen molar-refractivity contribution in [3.8, 4) is 11.8 Å². The number of carbonyl (C=O) groups is 1. The number of nitrogen functional groups attached to an aromatic ring is 1. The number of fused-ring (bicyclic) bond motifs is 1. The molecule has 2 aromatic heterocycles. The van der Waals surface area contributed by atoms with Crippen LogP contribution in [0.5, 0.6) is 0 Å². The molecule has 3 aromatic rings. The third-order valence-corrected chi connectivity index (χ3v) is 5.84. The third kappa shape index (κ3) is 5.67.